The number of hydrogen-bond acceptors (Lipinski definition) is 2. The summed E-state index contributed by atoms with van der Waals surface area (Å²) in [6, 6.07) is 5.95. The summed E-state index contributed by atoms with van der Waals surface area (Å²) in [5.41, 5.74) is 0.801. The largest absolute Gasteiger partial charge is 0.342 e. The Morgan fingerprint density at radius 1 is 1.39 bits per heavy atom. The normalized spacial score (nSPS) is 19.6. The summed E-state index contributed by atoms with van der Waals surface area (Å²) in [6.45, 7) is 1.23. The van der Waals surface area contributed by atoms with Crippen LogP contribution in [0.1, 0.15) is 18.4 Å². The maximum atomic E-state index is 12.7. The summed E-state index contributed by atoms with van der Waals surface area (Å²) in [6.07, 6.45) is 2.94. The highest BCUT2D eigenvalue weighted by Crippen LogP contribution is 2.15. The van der Waals surface area contributed by atoms with E-state index in [1.807, 2.05) is 0 Å². The molecule has 1 unspecified atom stereocenters. The SMILES string of the molecule is O=CC1CCCN(C(=O)Cc2ccc(F)cc2)C1. The molecule has 0 spiro atoms. The van der Waals surface area contributed by atoms with E-state index in [2.05, 4.69) is 0 Å². The first kappa shape index (κ1) is 12.7. The molecule has 0 aromatic heterocycles. The van der Waals surface area contributed by atoms with Gasteiger partial charge in [-0.3, -0.25) is 4.79 Å². The van der Waals surface area contributed by atoms with E-state index in [0.717, 1.165) is 24.7 Å². The first-order chi connectivity index (χ1) is 8.69. The van der Waals surface area contributed by atoms with E-state index in [9.17, 15) is 14.0 Å². The Balaban J connectivity index is 1.95. The van der Waals surface area contributed by atoms with Gasteiger partial charge in [0.15, 0.2) is 0 Å². The Morgan fingerprint density at radius 3 is 2.78 bits per heavy atom. The Morgan fingerprint density at radius 2 is 2.11 bits per heavy atom. The van der Waals surface area contributed by atoms with Crippen molar-refractivity contribution in [1.29, 1.82) is 0 Å². The molecule has 1 aliphatic heterocycles. The molecule has 1 aromatic carbocycles. The van der Waals surface area contributed by atoms with Crippen LogP contribution >= 0.6 is 0 Å². The summed E-state index contributed by atoms with van der Waals surface area (Å²) in [5.74, 6) is -0.325. The molecule has 0 N–H and O–H groups in total. The van der Waals surface area contributed by atoms with Crippen LogP contribution in [0.15, 0.2) is 24.3 Å². The zero-order valence-electron chi connectivity index (χ0n) is 10.1. The maximum absolute atomic E-state index is 12.7. The highest BCUT2D eigenvalue weighted by molar-refractivity contribution is 5.79. The highest BCUT2D eigenvalue weighted by atomic mass is 19.1. The second-order valence-corrected chi connectivity index (χ2v) is 4.68. The van der Waals surface area contributed by atoms with Crippen LogP contribution in [0.25, 0.3) is 0 Å². The molecule has 1 aromatic rings. The number of nitrogens with zero attached hydrogens (tertiary/aromatic N) is 1. The minimum atomic E-state index is -0.301. The number of carbonyl (C=O) groups is 2. The molecule has 18 heavy (non-hydrogen) atoms. The molecule has 1 fully saturated rings. The molecule has 1 aliphatic rings. The molecule has 1 amide bonds. The number of halogens is 1. The number of likely N-dealkylation sites (tertiary alicyclic amines) is 1. The molecule has 96 valence electrons. The third-order valence-electron chi connectivity index (χ3n) is 3.27. The summed E-state index contributed by atoms with van der Waals surface area (Å²) >= 11 is 0. The number of amides is 1. The minimum Gasteiger partial charge on any atom is -0.342 e. The fourth-order valence-corrected chi connectivity index (χ4v) is 2.24. The molecule has 1 saturated heterocycles. The summed E-state index contributed by atoms with van der Waals surface area (Å²) in [5, 5.41) is 0. The van der Waals surface area contributed by atoms with Gasteiger partial charge in [-0.1, -0.05) is 12.1 Å². The predicted octanol–water partition coefficient (Wildman–Crippen LogP) is 1.81. The van der Waals surface area contributed by atoms with Gasteiger partial charge in [-0.15, -0.1) is 0 Å². The fourth-order valence-electron chi connectivity index (χ4n) is 2.24. The van der Waals surface area contributed by atoms with Crippen molar-refractivity contribution < 1.29 is 14.0 Å². The van der Waals surface area contributed by atoms with Gasteiger partial charge in [0.25, 0.3) is 0 Å². The molecule has 2 rings (SSSR count). The molecule has 0 aliphatic carbocycles. The Bertz CT molecular complexity index is 430. The van der Waals surface area contributed by atoms with E-state index in [1.54, 1.807) is 17.0 Å². The van der Waals surface area contributed by atoms with Crippen LogP contribution in [0.4, 0.5) is 4.39 Å². The fraction of sp³-hybridized carbons (Fsp3) is 0.429. The van der Waals surface area contributed by atoms with Crippen LogP contribution in [0.5, 0.6) is 0 Å². The molecule has 0 bridgehead atoms. The Kier molecular flexibility index (Phi) is 4.07. The number of rotatable bonds is 3. The minimum absolute atomic E-state index is 0.00755. The Hall–Kier alpha value is -1.71. The van der Waals surface area contributed by atoms with Gasteiger partial charge in [-0.25, -0.2) is 4.39 Å². The highest BCUT2D eigenvalue weighted by Gasteiger charge is 2.23. The lowest BCUT2D eigenvalue weighted by Gasteiger charge is -2.30. The standard InChI is InChI=1S/C14H16FNO2/c15-13-5-3-11(4-6-13)8-14(18)16-7-1-2-12(9-16)10-17/h3-6,10,12H,1-2,7-9H2. The average molecular weight is 249 g/mol. The van der Waals surface area contributed by atoms with Gasteiger partial charge < -0.3 is 9.69 Å². The quantitative estimate of drug-likeness (QED) is 0.766. The molecule has 1 atom stereocenters. The second-order valence-electron chi connectivity index (χ2n) is 4.68. The van der Waals surface area contributed by atoms with Crippen LogP contribution in [0, 0.1) is 11.7 Å². The van der Waals surface area contributed by atoms with E-state index in [-0.39, 0.29) is 24.1 Å². The van der Waals surface area contributed by atoms with E-state index in [0.29, 0.717) is 13.1 Å². The molecule has 0 radical (unpaired) electrons. The zero-order valence-corrected chi connectivity index (χ0v) is 10.1. The van der Waals surface area contributed by atoms with Gasteiger partial charge >= 0.3 is 0 Å². The average Bonchev–Trinajstić information content (AvgIpc) is 2.41. The predicted molar refractivity (Wildman–Crippen MR) is 65.5 cm³/mol. The van der Waals surface area contributed by atoms with Gasteiger partial charge in [-0.2, -0.15) is 0 Å². The first-order valence-electron chi connectivity index (χ1n) is 6.16. The lowest BCUT2D eigenvalue weighted by Crippen LogP contribution is -2.41. The summed E-state index contributed by atoms with van der Waals surface area (Å²) in [7, 11) is 0. The van der Waals surface area contributed by atoms with Crippen molar-refractivity contribution in [2.75, 3.05) is 13.1 Å². The number of piperidine rings is 1. The third kappa shape index (κ3) is 3.15. The van der Waals surface area contributed by atoms with Crippen molar-refractivity contribution in [3.63, 3.8) is 0 Å². The van der Waals surface area contributed by atoms with Crippen molar-refractivity contribution in [3.05, 3.63) is 35.6 Å². The summed E-state index contributed by atoms with van der Waals surface area (Å²) in [4.78, 5) is 24.5. The zero-order chi connectivity index (χ0) is 13.0. The van der Waals surface area contributed by atoms with E-state index >= 15 is 0 Å². The molecule has 0 saturated carbocycles. The van der Waals surface area contributed by atoms with Gasteiger partial charge in [0.2, 0.25) is 5.91 Å². The van der Waals surface area contributed by atoms with E-state index in [1.165, 1.54) is 12.1 Å². The number of benzene rings is 1. The summed E-state index contributed by atoms with van der Waals surface area (Å²) < 4.78 is 12.7. The third-order valence-corrected chi connectivity index (χ3v) is 3.27. The van der Waals surface area contributed by atoms with Gasteiger partial charge in [0, 0.05) is 19.0 Å². The van der Waals surface area contributed by atoms with E-state index < -0.39 is 0 Å². The van der Waals surface area contributed by atoms with Crippen LogP contribution in [0.3, 0.4) is 0 Å². The van der Waals surface area contributed by atoms with Crippen molar-refractivity contribution in [1.82, 2.24) is 4.90 Å². The molecular formula is C14H16FNO2. The van der Waals surface area contributed by atoms with Crippen molar-refractivity contribution >= 4 is 12.2 Å². The van der Waals surface area contributed by atoms with Crippen LogP contribution in [-0.4, -0.2) is 30.2 Å². The molecule has 3 nitrogen and oxygen atoms in total. The molecule has 4 heteroatoms. The Labute approximate surface area is 106 Å². The van der Waals surface area contributed by atoms with Gasteiger partial charge in [0.05, 0.1) is 6.42 Å². The monoisotopic (exact) mass is 249 g/mol. The van der Waals surface area contributed by atoms with E-state index in [4.69, 9.17) is 0 Å². The number of carbonyl (C=O) groups excluding carboxylic acids is 2. The van der Waals surface area contributed by atoms with Crippen LogP contribution < -0.4 is 0 Å². The smallest absolute Gasteiger partial charge is 0.227 e. The number of hydrogen-bond donors (Lipinski definition) is 0. The topological polar surface area (TPSA) is 37.4 Å². The lowest BCUT2D eigenvalue weighted by atomic mass is 9.99. The number of aldehydes is 1. The van der Waals surface area contributed by atoms with Crippen molar-refractivity contribution in [3.8, 4) is 0 Å². The van der Waals surface area contributed by atoms with Crippen molar-refractivity contribution in [2.24, 2.45) is 5.92 Å². The van der Waals surface area contributed by atoms with Gasteiger partial charge in [0.1, 0.15) is 12.1 Å². The van der Waals surface area contributed by atoms with Crippen LogP contribution in [-0.2, 0) is 16.0 Å². The van der Waals surface area contributed by atoms with Crippen molar-refractivity contribution in [2.45, 2.75) is 19.3 Å². The maximum Gasteiger partial charge on any atom is 0.227 e. The van der Waals surface area contributed by atoms with Gasteiger partial charge in [-0.05, 0) is 30.5 Å². The van der Waals surface area contributed by atoms with Crippen LogP contribution in [0.2, 0.25) is 0 Å². The molecule has 1 heterocycles. The molecular weight excluding hydrogens is 233 g/mol. The first-order valence-corrected chi connectivity index (χ1v) is 6.16. The second kappa shape index (κ2) is 5.76. The lowest BCUT2D eigenvalue weighted by molar-refractivity contribution is -0.132.